The lowest BCUT2D eigenvalue weighted by Gasteiger charge is -2.18. The summed E-state index contributed by atoms with van der Waals surface area (Å²) in [5.41, 5.74) is 2.39. The first-order valence-electron chi connectivity index (χ1n) is 6.82. The second kappa shape index (κ2) is 7.68. The SMILES string of the molecule is CNCC(Cc1ccccc1Cl)Cc1ccccc1Cl. The van der Waals surface area contributed by atoms with Crippen molar-refractivity contribution in [1.82, 2.24) is 5.32 Å². The fourth-order valence-electron chi connectivity index (χ4n) is 2.46. The molecule has 0 fully saturated rings. The molecule has 1 N–H and O–H groups in total. The maximum absolute atomic E-state index is 6.26. The van der Waals surface area contributed by atoms with E-state index in [9.17, 15) is 0 Å². The minimum Gasteiger partial charge on any atom is -0.319 e. The van der Waals surface area contributed by atoms with E-state index in [0.717, 1.165) is 29.4 Å². The van der Waals surface area contributed by atoms with Crippen LogP contribution >= 0.6 is 23.2 Å². The Morgan fingerprint density at radius 3 is 1.70 bits per heavy atom. The maximum Gasteiger partial charge on any atom is 0.0438 e. The quantitative estimate of drug-likeness (QED) is 0.821. The molecule has 2 rings (SSSR count). The Balaban J connectivity index is 2.12. The molecule has 0 heterocycles. The second-order valence-electron chi connectivity index (χ2n) is 5.01. The predicted molar refractivity (Wildman–Crippen MR) is 87.7 cm³/mol. The Labute approximate surface area is 130 Å². The molecule has 0 saturated carbocycles. The van der Waals surface area contributed by atoms with Gasteiger partial charge in [-0.3, -0.25) is 0 Å². The predicted octanol–water partition coefficient (Wildman–Crippen LogP) is 4.61. The van der Waals surface area contributed by atoms with Gasteiger partial charge in [-0.1, -0.05) is 59.6 Å². The highest BCUT2D eigenvalue weighted by Gasteiger charge is 2.13. The molecule has 0 aliphatic rings. The first-order valence-corrected chi connectivity index (χ1v) is 7.57. The van der Waals surface area contributed by atoms with Crippen LogP contribution < -0.4 is 5.32 Å². The van der Waals surface area contributed by atoms with Crippen molar-refractivity contribution in [2.75, 3.05) is 13.6 Å². The third-order valence-electron chi connectivity index (χ3n) is 3.43. The molecule has 0 unspecified atom stereocenters. The van der Waals surface area contributed by atoms with E-state index in [-0.39, 0.29) is 0 Å². The van der Waals surface area contributed by atoms with Gasteiger partial charge in [-0.2, -0.15) is 0 Å². The van der Waals surface area contributed by atoms with Gasteiger partial charge in [0.2, 0.25) is 0 Å². The molecule has 0 spiro atoms. The average molecular weight is 308 g/mol. The zero-order valence-electron chi connectivity index (χ0n) is 11.6. The molecule has 2 aromatic rings. The van der Waals surface area contributed by atoms with E-state index in [0.29, 0.717) is 5.92 Å². The van der Waals surface area contributed by atoms with Gasteiger partial charge >= 0.3 is 0 Å². The molecule has 3 heteroatoms. The molecule has 0 radical (unpaired) electrons. The van der Waals surface area contributed by atoms with Crippen LogP contribution in [0.15, 0.2) is 48.5 Å². The topological polar surface area (TPSA) is 12.0 Å². The third kappa shape index (κ3) is 4.24. The van der Waals surface area contributed by atoms with E-state index >= 15 is 0 Å². The van der Waals surface area contributed by atoms with Crippen molar-refractivity contribution in [2.45, 2.75) is 12.8 Å². The van der Waals surface area contributed by atoms with Gasteiger partial charge in [0, 0.05) is 10.0 Å². The Kier molecular flexibility index (Phi) is 5.90. The summed E-state index contributed by atoms with van der Waals surface area (Å²) in [6.45, 7) is 0.941. The highest BCUT2D eigenvalue weighted by atomic mass is 35.5. The highest BCUT2D eigenvalue weighted by molar-refractivity contribution is 6.31. The van der Waals surface area contributed by atoms with E-state index in [4.69, 9.17) is 23.2 Å². The smallest absolute Gasteiger partial charge is 0.0438 e. The standard InChI is InChI=1S/C17H19Cl2N/c1-20-12-13(10-14-6-2-4-8-16(14)18)11-15-7-3-5-9-17(15)19/h2-9,13,20H,10-12H2,1H3. The van der Waals surface area contributed by atoms with E-state index in [1.807, 2.05) is 43.4 Å². The molecule has 2 aromatic carbocycles. The lowest BCUT2D eigenvalue weighted by molar-refractivity contribution is 0.493. The lowest BCUT2D eigenvalue weighted by atomic mass is 9.92. The second-order valence-corrected chi connectivity index (χ2v) is 5.83. The van der Waals surface area contributed by atoms with Crippen molar-refractivity contribution in [3.05, 3.63) is 69.7 Å². The van der Waals surface area contributed by atoms with Crippen LogP contribution in [0.25, 0.3) is 0 Å². The van der Waals surface area contributed by atoms with Gasteiger partial charge < -0.3 is 5.32 Å². The van der Waals surface area contributed by atoms with E-state index in [1.165, 1.54) is 11.1 Å². The summed E-state index contributed by atoms with van der Waals surface area (Å²) < 4.78 is 0. The summed E-state index contributed by atoms with van der Waals surface area (Å²) in [5, 5.41) is 4.94. The molecule has 106 valence electrons. The molecular formula is C17H19Cl2N. The summed E-state index contributed by atoms with van der Waals surface area (Å²) in [4.78, 5) is 0. The van der Waals surface area contributed by atoms with Crippen molar-refractivity contribution in [1.29, 1.82) is 0 Å². The normalized spacial score (nSPS) is 11.0. The highest BCUT2D eigenvalue weighted by Crippen LogP contribution is 2.23. The summed E-state index contributed by atoms with van der Waals surface area (Å²) in [6, 6.07) is 16.1. The van der Waals surface area contributed by atoms with Gasteiger partial charge in [-0.15, -0.1) is 0 Å². The zero-order chi connectivity index (χ0) is 14.4. The summed E-state index contributed by atoms with van der Waals surface area (Å²) in [7, 11) is 1.98. The maximum atomic E-state index is 6.26. The molecule has 20 heavy (non-hydrogen) atoms. The molecule has 0 aliphatic heterocycles. The van der Waals surface area contributed by atoms with Crippen LogP contribution in [0.3, 0.4) is 0 Å². The van der Waals surface area contributed by atoms with Crippen LogP contribution in [0.4, 0.5) is 0 Å². The Bertz CT molecular complexity index is 507. The first kappa shape index (κ1) is 15.4. The number of benzene rings is 2. The number of halogens is 2. The van der Waals surface area contributed by atoms with Gasteiger partial charge in [-0.25, -0.2) is 0 Å². The number of hydrogen-bond donors (Lipinski definition) is 1. The van der Waals surface area contributed by atoms with Gasteiger partial charge in [0.25, 0.3) is 0 Å². The molecule has 1 nitrogen and oxygen atoms in total. The van der Waals surface area contributed by atoms with E-state index in [2.05, 4.69) is 17.4 Å². The van der Waals surface area contributed by atoms with Crippen LogP contribution in [-0.2, 0) is 12.8 Å². The molecular weight excluding hydrogens is 289 g/mol. The van der Waals surface area contributed by atoms with Crippen molar-refractivity contribution in [2.24, 2.45) is 5.92 Å². The largest absolute Gasteiger partial charge is 0.319 e. The van der Waals surface area contributed by atoms with Gasteiger partial charge in [-0.05, 0) is 55.6 Å². The minimum absolute atomic E-state index is 0.472. The summed E-state index contributed by atoms with van der Waals surface area (Å²) >= 11 is 12.5. The molecule has 0 aromatic heterocycles. The number of nitrogens with one attached hydrogen (secondary N) is 1. The molecule has 0 atom stereocenters. The van der Waals surface area contributed by atoms with E-state index in [1.54, 1.807) is 0 Å². The minimum atomic E-state index is 0.472. The average Bonchev–Trinajstić information content (AvgIpc) is 2.44. The molecule has 0 bridgehead atoms. The fraction of sp³-hybridized carbons (Fsp3) is 0.294. The Hall–Kier alpha value is -1.02. The molecule has 0 aliphatic carbocycles. The van der Waals surface area contributed by atoms with Crippen molar-refractivity contribution in [3.8, 4) is 0 Å². The lowest BCUT2D eigenvalue weighted by Crippen LogP contribution is -2.23. The zero-order valence-corrected chi connectivity index (χ0v) is 13.1. The van der Waals surface area contributed by atoms with Gasteiger partial charge in [0.05, 0.1) is 0 Å². The van der Waals surface area contributed by atoms with Crippen LogP contribution in [0.1, 0.15) is 11.1 Å². The number of rotatable bonds is 6. The monoisotopic (exact) mass is 307 g/mol. The van der Waals surface area contributed by atoms with Crippen LogP contribution in [0, 0.1) is 5.92 Å². The molecule has 0 amide bonds. The van der Waals surface area contributed by atoms with Crippen LogP contribution in [0.5, 0.6) is 0 Å². The summed E-state index contributed by atoms with van der Waals surface area (Å²) in [6.07, 6.45) is 1.90. The Morgan fingerprint density at radius 1 is 0.850 bits per heavy atom. The van der Waals surface area contributed by atoms with Crippen molar-refractivity contribution in [3.63, 3.8) is 0 Å². The van der Waals surface area contributed by atoms with Gasteiger partial charge in [0.1, 0.15) is 0 Å². The third-order valence-corrected chi connectivity index (χ3v) is 4.16. The summed E-state index contributed by atoms with van der Waals surface area (Å²) in [5.74, 6) is 0.472. The van der Waals surface area contributed by atoms with Crippen molar-refractivity contribution < 1.29 is 0 Å². The van der Waals surface area contributed by atoms with E-state index < -0.39 is 0 Å². The van der Waals surface area contributed by atoms with Crippen LogP contribution in [0.2, 0.25) is 10.0 Å². The van der Waals surface area contributed by atoms with Crippen LogP contribution in [-0.4, -0.2) is 13.6 Å². The number of hydrogen-bond acceptors (Lipinski definition) is 1. The molecule has 0 saturated heterocycles. The van der Waals surface area contributed by atoms with Crippen molar-refractivity contribution >= 4 is 23.2 Å². The Morgan fingerprint density at radius 2 is 1.30 bits per heavy atom. The first-order chi connectivity index (χ1) is 9.70. The van der Waals surface area contributed by atoms with Gasteiger partial charge in [0.15, 0.2) is 0 Å². The fourth-order valence-corrected chi connectivity index (χ4v) is 2.88.